The maximum absolute atomic E-state index is 11.3. The predicted octanol–water partition coefficient (Wildman–Crippen LogP) is 1.19. The first kappa shape index (κ1) is 13.8. The number of anilines is 1. The predicted molar refractivity (Wildman–Crippen MR) is 69.6 cm³/mol. The van der Waals surface area contributed by atoms with Gasteiger partial charge >= 0.3 is 5.97 Å². The number of rotatable bonds is 2. The highest BCUT2D eigenvalue weighted by atomic mass is 35.5. The molecule has 5 heteroatoms. The molecule has 17 heavy (non-hydrogen) atoms. The molecule has 1 aliphatic rings. The van der Waals surface area contributed by atoms with Crippen molar-refractivity contribution in [1.29, 1.82) is 0 Å². The Morgan fingerprint density at radius 3 is 3.00 bits per heavy atom. The Bertz CT molecular complexity index is 385. The Morgan fingerprint density at radius 1 is 1.47 bits per heavy atom. The summed E-state index contributed by atoms with van der Waals surface area (Å²) in [4.78, 5) is 13.4. The second kappa shape index (κ2) is 6.47. The van der Waals surface area contributed by atoms with E-state index in [9.17, 15) is 4.79 Å². The van der Waals surface area contributed by atoms with Crippen molar-refractivity contribution in [3.05, 3.63) is 29.8 Å². The topological polar surface area (TPSA) is 41.6 Å². The fraction of sp³-hybridized carbons (Fsp3) is 0.417. The highest BCUT2D eigenvalue weighted by Crippen LogP contribution is 2.21. The van der Waals surface area contributed by atoms with Crippen LogP contribution in [-0.4, -0.2) is 32.7 Å². The molecular formula is C12H17ClN2O2. The van der Waals surface area contributed by atoms with Gasteiger partial charge in [0.2, 0.25) is 0 Å². The van der Waals surface area contributed by atoms with Crippen molar-refractivity contribution in [3.8, 4) is 0 Å². The van der Waals surface area contributed by atoms with Crippen molar-refractivity contribution in [2.45, 2.75) is 6.54 Å². The van der Waals surface area contributed by atoms with Gasteiger partial charge in [-0.1, -0.05) is 18.2 Å². The number of fused-ring (bicyclic) bond motifs is 1. The van der Waals surface area contributed by atoms with Crippen molar-refractivity contribution in [2.75, 3.05) is 31.6 Å². The zero-order valence-electron chi connectivity index (χ0n) is 9.81. The van der Waals surface area contributed by atoms with Crippen LogP contribution in [0.15, 0.2) is 24.3 Å². The Morgan fingerprint density at radius 2 is 2.24 bits per heavy atom. The molecule has 0 fully saturated rings. The summed E-state index contributed by atoms with van der Waals surface area (Å²) < 4.78 is 4.71. The molecule has 0 unspecified atom stereocenters. The van der Waals surface area contributed by atoms with Crippen LogP contribution < -0.4 is 10.2 Å². The van der Waals surface area contributed by atoms with Gasteiger partial charge in [0.15, 0.2) is 0 Å². The summed E-state index contributed by atoms with van der Waals surface area (Å²) in [5.41, 5.74) is 2.35. The summed E-state index contributed by atoms with van der Waals surface area (Å²) in [6.07, 6.45) is 0. The molecule has 1 N–H and O–H groups in total. The van der Waals surface area contributed by atoms with E-state index in [0.29, 0.717) is 6.54 Å². The smallest absolute Gasteiger partial charge is 0.325 e. The second-order valence-electron chi connectivity index (χ2n) is 3.80. The molecule has 1 aromatic carbocycles. The average molecular weight is 257 g/mol. The number of hydrogen-bond donors (Lipinski definition) is 1. The summed E-state index contributed by atoms with van der Waals surface area (Å²) in [6, 6.07) is 8.14. The van der Waals surface area contributed by atoms with Gasteiger partial charge in [-0.15, -0.1) is 12.4 Å². The monoisotopic (exact) mass is 256 g/mol. The second-order valence-corrected chi connectivity index (χ2v) is 3.80. The van der Waals surface area contributed by atoms with Gasteiger partial charge in [-0.25, -0.2) is 0 Å². The van der Waals surface area contributed by atoms with Gasteiger partial charge in [-0.3, -0.25) is 4.79 Å². The zero-order valence-corrected chi connectivity index (χ0v) is 10.6. The number of halogens is 1. The van der Waals surface area contributed by atoms with Crippen LogP contribution in [-0.2, 0) is 16.1 Å². The van der Waals surface area contributed by atoms with Crippen LogP contribution in [0.2, 0.25) is 0 Å². The largest absolute Gasteiger partial charge is 0.468 e. The molecule has 0 saturated heterocycles. The molecule has 2 rings (SSSR count). The first-order valence-corrected chi connectivity index (χ1v) is 5.41. The van der Waals surface area contributed by atoms with Crippen LogP contribution in [0.5, 0.6) is 0 Å². The third-order valence-corrected chi connectivity index (χ3v) is 2.75. The molecule has 94 valence electrons. The van der Waals surface area contributed by atoms with E-state index in [4.69, 9.17) is 4.74 Å². The lowest BCUT2D eigenvalue weighted by atomic mass is 10.1. The Balaban J connectivity index is 0.00000144. The number of methoxy groups -OCH3 is 1. The van der Waals surface area contributed by atoms with Crippen LogP contribution in [0.4, 0.5) is 5.69 Å². The summed E-state index contributed by atoms with van der Waals surface area (Å²) in [5, 5.41) is 3.33. The third kappa shape index (κ3) is 3.35. The van der Waals surface area contributed by atoms with E-state index in [1.54, 1.807) is 0 Å². The van der Waals surface area contributed by atoms with Gasteiger partial charge in [-0.2, -0.15) is 0 Å². The zero-order chi connectivity index (χ0) is 11.4. The third-order valence-electron chi connectivity index (χ3n) is 2.75. The highest BCUT2D eigenvalue weighted by Gasteiger charge is 2.16. The van der Waals surface area contributed by atoms with Gasteiger partial charge in [0.05, 0.1) is 7.11 Å². The maximum Gasteiger partial charge on any atom is 0.325 e. The van der Waals surface area contributed by atoms with Gasteiger partial charge in [0, 0.05) is 25.3 Å². The van der Waals surface area contributed by atoms with Gasteiger partial charge in [-0.05, 0) is 11.6 Å². The number of esters is 1. The molecule has 0 amide bonds. The molecule has 1 aromatic rings. The van der Waals surface area contributed by atoms with Crippen LogP contribution in [0, 0.1) is 0 Å². The summed E-state index contributed by atoms with van der Waals surface area (Å²) in [6.45, 7) is 2.88. The molecule has 1 aliphatic heterocycles. The Labute approximate surface area is 107 Å². The van der Waals surface area contributed by atoms with E-state index in [1.165, 1.54) is 12.7 Å². The number of carbonyl (C=O) groups excluding carboxylic acids is 1. The Hall–Kier alpha value is -1.26. The minimum absolute atomic E-state index is 0. The standard InChI is InChI=1S/C12H16N2O2.ClH/c1-16-12(15)9-14-7-6-13-8-10-4-2-3-5-11(10)14;/h2-5,13H,6-9H2,1H3;1H. The van der Waals surface area contributed by atoms with Crippen LogP contribution in [0.1, 0.15) is 5.56 Å². The van der Waals surface area contributed by atoms with Crippen LogP contribution in [0.3, 0.4) is 0 Å². The van der Waals surface area contributed by atoms with E-state index in [1.807, 2.05) is 18.2 Å². The number of carbonyl (C=O) groups is 1. The van der Waals surface area contributed by atoms with Crippen molar-refractivity contribution < 1.29 is 9.53 Å². The van der Waals surface area contributed by atoms with E-state index in [-0.39, 0.29) is 18.4 Å². The summed E-state index contributed by atoms with van der Waals surface area (Å²) in [7, 11) is 1.42. The van der Waals surface area contributed by atoms with E-state index >= 15 is 0 Å². The van der Waals surface area contributed by atoms with Gasteiger partial charge in [0.1, 0.15) is 6.54 Å². The molecule has 0 atom stereocenters. The summed E-state index contributed by atoms with van der Waals surface area (Å²) >= 11 is 0. The van der Waals surface area contributed by atoms with Crippen molar-refractivity contribution >= 4 is 24.1 Å². The van der Waals surface area contributed by atoms with Crippen LogP contribution in [0.25, 0.3) is 0 Å². The number of para-hydroxylation sites is 1. The number of nitrogens with one attached hydrogen (secondary N) is 1. The fourth-order valence-corrected chi connectivity index (χ4v) is 1.91. The van der Waals surface area contributed by atoms with E-state index in [2.05, 4.69) is 16.3 Å². The maximum atomic E-state index is 11.3. The number of hydrogen-bond acceptors (Lipinski definition) is 4. The molecular weight excluding hydrogens is 240 g/mol. The molecule has 0 aliphatic carbocycles. The van der Waals surface area contributed by atoms with Crippen molar-refractivity contribution in [1.82, 2.24) is 5.32 Å². The molecule has 0 spiro atoms. The van der Waals surface area contributed by atoms with Gasteiger partial charge in [0.25, 0.3) is 0 Å². The quantitative estimate of drug-likeness (QED) is 0.808. The normalized spacial score (nSPS) is 14.3. The number of nitrogens with zero attached hydrogens (tertiary/aromatic N) is 1. The minimum Gasteiger partial charge on any atom is -0.468 e. The minimum atomic E-state index is -0.197. The van der Waals surface area contributed by atoms with E-state index < -0.39 is 0 Å². The van der Waals surface area contributed by atoms with Gasteiger partial charge < -0.3 is 15.0 Å². The van der Waals surface area contributed by atoms with Crippen molar-refractivity contribution in [3.63, 3.8) is 0 Å². The van der Waals surface area contributed by atoms with Crippen LogP contribution >= 0.6 is 12.4 Å². The molecule has 0 aromatic heterocycles. The molecule has 1 heterocycles. The lowest BCUT2D eigenvalue weighted by molar-refractivity contribution is -0.138. The number of ether oxygens (including phenoxy) is 1. The molecule has 0 saturated carbocycles. The first-order chi connectivity index (χ1) is 7.81. The summed E-state index contributed by atoms with van der Waals surface area (Å²) in [5.74, 6) is -0.197. The number of benzene rings is 1. The molecule has 0 bridgehead atoms. The average Bonchev–Trinajstić information content (AvgIpc) is 2.52. The lowest BCUT2D eigenvalue weighted by Gasteiger charge is -2.22. The highest BCUT2D eigenvalue weighted by molar-refractivity contribution is 5.85. The van der Waals surface area contributed by atoms with Crippen molar-refractivity contribution in [2.24, 2.45) is 0 Å². The lowest BCUT2D eigenvalue weighted by Crippen LogP contribution is -2.34. The first-order valence-electron chi connectivity index (χ1n) is 5.41. The SMILES string of the molecule is COC(=O)CN1CCNCc2ccccc21.Cl. The van der Waals surface area contributed by atoms with E-state index in [0.717, 1.165) is 25.3 Å². The molecule has 0 radical (unpaired) electrons. The molecule has 4 nitrogen and oxygen atoms in total. The fourth-order valence-electron chi connectivity index (χ4n) is 1.91. The Kier molecular flexibility index (Phi) is 5.25.